The number of carbonyl (C=O) groups excluding carboxylic acids is 2. The van der Waals surface area contributed by atoms with E-state index in [1.165, 1.54) is 7.11 Å². The van der Waals surface area contributed by atoms with Gasteiger partial charge in [0.2, 0.25) is 0 Å². The molecule has 1 fully saturated rings. The Morgan fingerprint density at radius 3 is 2.53 bits per heavy atom. The Labute approximate surface area is 189 Å². The van der Waals surface area contributed by atoms with Crippen LogP contribution in [-0.4, -0.2) is 43.0 Å². The van der Waals surface area contributed by atoms with Crippen LogP contribution in [-0.2, 0) is 19.0 Å². The average Bonchev–Trinajstić information content (AvgIpc) is 2.75. The summed E-state index contributed by atoms with van der Waals surface area (Å²) in [6.07, 6.45) is 4.59. The number of nitrogens with zero attached hydrogens (tertiary/aromatic N) is 1. The molecule has 7 heteroatoms. The van der Waals surface area contributed by atoms with E-state index in [0.717, 1.165) is 22.2 Å². The van der Waals surface area contributed by atoms with Crippen molar-refractivity contribution in [2.24, 2.45) is 5.41 Å². The molecule has 7 nitrogen and oxygen atoms in total. The summed E-state index contributed by atoms with van der Waals surface area (Å²) in [6, 6.07) is 9.53. The third-order valence-electron chi connectivity index (χ3n) is 5.49. The van der Waals surface area contributed by atoms with Crippen molar-refractivity contribution in [1.29, 1.82) is 0 Å². The first kappa shape index (κ1) is 23.7. The second-order valence-corrected chi connectivity index (χ2v) is 9.15. The molecule has 1 aromatic heterocycles. The molecule has 0 bridgehead atoms. The Kier molecular flexibility index (Phi) is 7.19. The predicted molar refractivity (Wildman–Crippen MR) is 123 cm³/mol. The zero-order valence-corrected chi connectivity index (χ0v) is 19.4. The van der Waals surface area contributed by atoms with Gasteiger partial charge in [0.1, 0.15) is 5.60 Å². The highest BCUT2D eigenvalue weighted by molar-refractivity contribution is 5.83. The molecule has 0 radical (unpaired) electrons. The van der Waals surface area contributed by atoms with Crippen LogP contribution in [0.4, 0.5) is 4.79 Å². The van der Waals surface area contributed by atoms with Crippen LogP contribution in [0.5, 0.6) is 0 Å². The van der Waals surface area contributed by atoms with Crippen LogP contribution in [0.2, 0.25) is 0 Å². The van der Waals surface area contributed by atoms with Gasteiger partial charge in [-0.15, -0.1) is 0 Å². The van der Waals surface area contributed by atoms with Crippen LogP contribution in [0, 0.1) is 5.41 Å². The quantitative estimate of drug-likeness (QED) is 0.672. The van der Waals surface area contributed by atoms with Crippen LogP contribution in [0.1, 0.15) is 57.8 Å². The number of ether oxygens (including phenoxy) is 3. The highest BCUT2D eigenvalue weighted by Gasteiger charge is 2.38. The minimum atomic E-state index is -0.664. The van der Waals surface area contributed by atoms with Gasteiger partial charge >= 0.3 is 12.1 Å². The third-order valence-corrected chi connectivity index (χ3v) is 5.49. The van der Waals surface area contributed by atoms with Crippen molar-refractivity contribution >= 4 is 29.0 Å². The fourth-order valence-corrected chi connectivity index (χ4v) is 3.69. The Morgan fingerprint density at radius 1 is 1.19 bits per heavy atom. The monoisotopic (exact) mass is 440 g/mol. The summed E-state index contributed by atoms with van der Waals surface area (Å²) >= 11 is 0. The molecule has 1 unspecified atom stereocenters. The number of nitrogens with one attached hydrogen (secondary N) is 1. The van der Waals surface area contributed by atoms with Crippen LogP contribution < -0.4 is 5.32 Å². The second kappa shape index (κ2) is 9.69. The van der Waals surface area contributed by atoms with Crippen LogP contribution >= 0.6 is 0 Å². The lowest BCUT2D eigenvalue weighted by molar-refractivity contribution is -0.154. The van der Waals surface area contributed by atoms with Crippen molar-refractivity contribution in [2.45, 2.75) is 52.2 Å². The van der Waals surface area contributed by atoms with Crippen molar-refractivity contribution in [3.8, 4) is 0 Å². The standard InChI is InChI=1S/C25H32N2O5/c1-17(26-23(29)32-24(2,3)4)20-9-8-19-7-6-18(16-21(19)27-20)10-11-25(22(28)30-5)12-14-31-15-13-25/h6-11,16-17H,12-15H2,1-5H3,(H,26,29). The lowest BCUT2D eigenvalue weighted by Crippen LogP contribution is -2.36. The Balaban J connectivity index is 1.81. The number of aromatic nitrogens is 1. The average molecular weight is 441 g/mol. The summed E-state index contributed by atoms with van der Waals surface area (Å²) in [5, 5.41) is 3.81. The SMILES string of the molecule is COC(=O)C1(C=Cc2ccc3ccc(C(C)NC(=O)OC(C)(C)C)nc3c2)CCOCC1. The molecule has 1 aliphatic rings. The molecule has 0 aliphatic carbocycles. The van der Waals surface area contributed by atoms with Gasteiger partial charge in [-0.05, 0) is 58.2 Å². The number of benzene rings is 1. The molecule has 1 saturated heterocycles. The molecule has 1 N–H and O–H groups in total. The maximum Gasteiger partial charge on any atom is 0.408 e. The molecule has 1 atom stereocenters. The van der Waals surface area contributed by atoms with Gasteiger partial charge < -0.3 is 19.5 Å². The van der Waals surface area contributed by atoms with E-state index >= 15 is 0 Å². The molecule has 172 valence electrons. The normalized spacial score (nSPS) is 17.2. The smallest absolute Gasteiger partial charge is 0.408 e. The molecule has 2 heterocycles. The lowest BCUT2D eigenvalue weighted by atomic mass is 9.79. The topological polar surface area (TPSA) is 86.8 Å². The molecule has 1 aliphatic heterocycles. The summed E-state index contributed by atoms with van der Waals surface area (Å²) in [4.78, 5) is 29.3. The van der Waals surface area contributed by atoms with Gasteiger partial charge in [-0.3, -0.25) is 9.78 Å². The number of hydrogen-bond acceptors (Lipinski definition) is 6. The predicted octanol–water partition coefficient (Wildman–Crippen LogP) is 4.80. The Morgan fingerprint density at radius 2 is 1.88 bits per heavy atom. The number of methoxy groups -OCH3 is 1. The first-order valence-electron chi connectivity index (χ1n) is 10.9. The van der Waals surface area contributed by atoms with Crippen LogP contribution in [0.3, 0.4) is 0 Å². The number of fused-ring (bicyclic) bond motifs is 1. The van der Waals surface area contributed by atoms with E-state index in [0.29, 0.717) is 26.1 Å². The Bertz CT molecular complexity index is 1000. The maximum absolute atomic E-state index is 12.4. The van der Waals surface area contributed by atoms with Crippen molar-refractivity contribution in [1.82, 2.24) is 10.3 Å². The highest BCUT2D eigenvalue weighted by Crippen LogP contribution is 2.34. The van der Waals surface area contributed by atoms with E-state index in [1.54, 1.807) is 0 Å². The van der Waals surface area contributed by atoms with Gasteiger partial charge in [-0.2, -0.15) is 0 Å². The van der Waals surface area contributed by atoms with Gasteiger partial charge in [0.15, 0.2) is 0 Å². The molecular weight excluding hydrogens is 408 g/mol. The van der Waals surface area contributed by atoms with E-state index in [1.807, 2.05) is 70.2 Å². The first-order chi connectivity index (χ1) is 15.1. The molecule has 32 heavy (non-hydrogen) atoms. The summed E-state index contributed by atoms with van der Waals surface area (Å²) in [7, 11) is 1.42. The minimum Gasteiger partial charge on any atom is -0.468 e. The van der Waals surface area contributed by atoms with Gasteiger partial charge in [-0.25, -0.2) is 4.79 Å². The maximum atomic E-state index is 12.4. The molecule has 0 spiro atoms. The van der Waals surface area contributed by atoms with Crippen LogP contribution in [0.25, 0.3) is 17.0 Å². The van der Waals surface area contributed by atoms with Crippen LogP contribution in [0.15, 0.2) is 36.4 Å². The zero-order valence-electron chi connectivity index (χ0n) is 19.4. The number of pyridine rings is 1. The number of hydrogen-bond donors (Lipinski definition) is 1. The van der Waals surface area contributed by atoms with Gasteiger partial charge in [0.05, 0.1) is 29.8 Å². The summed E-state index contributed by atoms with van der Waals surface area (Å²) in [5.74, 6) is -0.236. The minimum absolute atomic E-state index is 0.236. The number of rotatable bonds is 5. The third kappa shape index (κ3) is 5.85. The second-order valence-electron chi connectivity index (χ2n) is 9.15. The summed E-state index contributed by atoms with van der Waals surface area (Å²) in [5.41, 5.74) is 1.25. The Hall–Kier alpha value is -2.93. The fraction of sp³-hybridized carbons (Fsp3) is 0.480. The first-order valence-corrected chi connectivity index (χ1v) is 10.9. The number of amides is 1. The van der Waals surface area contributed by atoms with Gasteiger partial charge in [0, 0.05) is 18.6 Å². The molecule has 0 saturated carbocycles. The molecule has 2 aromatic rings. The number of carbonyl (C=O) groups is 2. The van der Waals surface area contributed by atoms with Crippen molar-refractivity contribution in [2.75, 3.05) is 20.3 Å². The summed E-state index contributed by atoms with van der Waals surface area (Å²) < 4.78 is 15.8. The van der Waals surface area contributed by atoms with E-state index in [9.17, 15) is 9.59 Å². The van der Waals surface area contributed by atoms with E-state index in [2.05, 4.69) is 5.32 Å². The van der Waals surface area contributed by atoms with Crippen molar-refractivity contribution in [3.63, 3.8) is 0 Å². The number of alkyl carbamates (subject to hydrolysis) is 1. The summed E-state index contributed by atoms with van der Waals surface area (Å²) in [6.45, 7) is 8.41. The molecule has 1 aromatic carbocycles. The van der Waals surface area contributed by atoms with Gasteiger partial charge in [-0.1, -0.05) is 30.4 Å². The van der Waals surface area contributed by atoms with Crippen molar-refractivity contribution in [3.05, 3.63) is 47.7 Å². The molecular formula is C25H32N2O5. The van der Waals surface area contributed by atoms with E-state index in [4.69, 9.17) is 19.2 Å². The largest absolute Gasteiger partial charge is 0.468 e. The molecule has 1 amide bonds. The van der Waals surface area contributed by atoms with E-state index in [-0.39, 0.29) is 12.0 Å². The van der Waals surface area contributed by atoms with Gasteiger partial charge in [0.25, 0.3) is 0 Å². The fourth-order valence-electron chi connectivity index (χ4n) is 3.69. The highest BCUT2D eigenvalue weighted by atomic mass is 16.6. The van der Waals surface area contributed by atoms with Crippen molar-refractivity contribution < 1.29 is 23.8 Å². The lowest BCUT2D eigenvalue weighted by Gasteiger charge is -2.31. The number of esters is 1. The molecule has 3 rings (SSSR count). The zero-order chi connectivity index (χ0) is 23.4. The van der Waals surface area contributed by atoms with E-state index < -0.39 is 17.1 Å².